The van der Waals surface area contributed by atoms with E-state index in [2.05, 4.69) is 10.3 Å². The fourth-order valence-electron chi connectivity index (χ4n) is 1.36. The average molecular weight is 235 g/mol. The highest BCUT2D eigenvalue weighted by Gasteiger charge is 2.06. The van der Waals surface area contributed by atoms with Crippen LogP contribution in [0.25, 0.3) is 0 Å². The Morgan fingerprint density at radius 2 is 2.44 bits per heavy atom. The summed E-state index contributed by atoms with van der Waals surface area (Å²) in [6.45, 7) is 3.36. The second kappa shape index (κ2) is 4.94. The number of nitrogens with one attached hydrogen (secondary N) is 1. The van der Waals surface area contributed by atoms with E-state index in [0.717, 1.165) is 16.3 Å². The lowest BCUT2D eigenvalue weighted by atomic mass is 10.4. The van der Waals surface area contributed by atoms with Gasteiger partial charge in [-0.1, -0.05) is 0 Å². The Hall–Kier alpha value is -1.62. The smallest absolute Gasteiger partial charge is 0.261 e. The van der Waals surface area contributed by atoms with Gasteiger partial charge in [-0.25, -0.2) is 4.98 Å². The topological polar surface area (TPSA) is 46.9 Å². The van der Waals surface area contributed by atoms with E-state index in [1.54, 1.807) is 12.5 Å². The van der Waals surface area contributed by atoms with E-state index in [1.165, 1.54) is 11.3 Å². The fraction of sp³-hybridized carbons (Fsp3) is 0.273. The maximum absolute atomic E-state index is 11.7. The molecule has 2 aromatic rings. The zero-order valence-corrected chi connectivity index (χ0v) is 9.83. The summed E-state index contributed by atoms with van der Waals surface area (Å²) in [5.74, 6) is -0.00165. The Kier molecular flexibility index (Phi) is 3.36. The number of rotatable bonds is 4. The van der Waals surface area contributed by atoms with Crippen molar-refractivity contribution in [1.82, 2.24) is 14.9 Å². The largest absolute Gasteiger partial charge is 0.350 e. The molecule has 0 bridgehead atoms. The molecule has 0 atom stereocenters. The monoisotopic (exact) mass is 235 g/mol. The van der Waals surface area contributed by atoms with Gasteiger partial charge in [0.25, 0.3) is 5.91 Å². The third-order valence-electron chi connectivity index (χ3n) is 2.18. The Labute approximate surface area is 97.9 Å². The fourth-order valence-corrected chi connectivity index (χ4v) is 2.15. The normalized spacial score (nSPS) is 10.3. The highest BCUT2D eigenvalue weighted by atomic mass is 32.1. The number of carbonyl (C=O) groups is 1. The van der Waals surface area contributed by atoms with Crippen LogP contribution in [0.1, 0.15) is 14.5 Å². The molecule has 2 heterocycles. The van der Waals surface area contributed by atoms with E-state index in [4.69, 9.17) is 0 Å². The molecule has 0 aliphatic rings. The molecule has 0 radical (unpaired) electrons. The van der Waals surface area contributed by atoms with Crippen molar-refractivity contribution in [3.8, 4) is 0 Å². The number of carbonyl (C=O) groups excluding carboxylic acids is 1. The Morgan fingerprint density at radius 3 is 3.06 bits per heavy atom. The lowest BCUT2D eigenvalue weighted by molar-refractivity contribution is 0.0956. The summed E-state index contributed by atoms with van der Waals surface area (Å²) >= 11 is 1.51. The number of aromatic nitrogens is 2. The molecular formula is C11H13N3OS. The predicted octanol–water partition coefficient (Wildman–Crippen LogP) is 1.68. The van der Waals surface area contributed by atoms with Crippen molar-refractivity contribution in [2.24, 2.45) is 0 Å². The minimum Gasteiger partial charge on any atom is -0.350 e. The molecule has 1 N–H and O–H groups in total. The van der Waals surface area contributed by atoms with Gasteiger partial charge in [0.05, 0.1) is 11.2 Å². The molecule has 0 spiro atoms. The lowest BCUT2D eigenvalue weighted by Crippen LogP contribution is -2.26. The molecule has 84 valence electrons. The van der Waals surface area contributed by atoms with Crippen LogP contribution in [-0.4, -0.2) is 22.0 Å². The summed E-state index contributed by atoms with van der Waals surface area (Å²) in [4.78, 5) is 17.5. The van der Waals surface area contributed by atoms with Gasteiger partial charge in [-0.15, -0.1) is 11.3 Å². The molecule has 0 aliphatic heterocycles. The summed E-state index contributed by atoms with van der Waals surface area (Å²) in [7, 11) is 0. The summed E-state index contributed by atoms with van der Waals surface area (Å²) in [6.07, 6.45) is 5.34. The lowest BCUT2D eigenvalue weighted by Gasteiger charge is -2.03. The van der Waals surface area contributed by atoms with Gasteiger partial charge in [0.1, 0.15) is 0 Å². The van der Waals surface area contributed by atoms with Gasteiger partial charge >= 0.3 is 0 Å². The van der Waals surface area contributed by atoms with Gasteiger partial charge in [0.2, 0.25) is 0 Å². The third kappa shape index (κ3) is 2.70. The molecule has 0 aromatic carbocycles. The standard InChI is InChI=1S/C11H13N3OS/c1-9-2-3-10(16-9)11(15)13-5-7-14-6-4-12-8-14/h2-4,6,8H,5,7H2,1H3,(H,13,15). The first-order chi connectivity index (χ1) is 7.75. The van der Waals surface area contributed by atoms with E-state index in [-0.39, 0.29) is 5.91 Å². The van der Waals surface area contributed by atoms with E-state index >= 15 is 0 Å². The number of nitrogens with zero attached hydrogens (tertiary/aromatic N) is 2. The molecule has 0 fully saturated rings. The van der Waals surface area contributed by atoms with E-state index in [9.17, 15) is 4.79 Å². The van der Waals surface area contributed by atoms with E-state index < -0.39 is 0 Å². The highest BCUT2D eigenvalue weighted by Crippen LogP contribution is 2.14. The Bertz CT molecular complexity index is 461. The summed E-state index contributed by atoms with van der Waals surface area (Å²) in [5, 5.41) is 2.87. The van der Waals surface area contributed by atoms with Crippen LogP contribution in [-0.2, 0) is 6.54 Å². The van der Waals surface area contributed by atoms with Crippen LogP contribution in [0.2, 0.25) is 0 Å². The molecule has 0 saturated carbocycles. The van der Waals surface area contributed by atoms with Crippen LogP contribution < -0.4 is 5.32 Å². The predicted molar refractivity (Wildman–Crippen MR) is 63.6 cm³/mol. The van der Waals surface area contributed by atoms with Gasteiger partial charge in [-0.3, -0.25) is 4.79 Å². The number of imidazole rings is 1. The van der Waals surface area contributed by atoms with Crippen molar-refractivity contribution in [3.63, 3.8) is 0 Å². The van der Waals surface area contributed by atoms with Crippen molar-refractivity contribution < 1.29 is 4.79 Å². The van der Waals surface area contributed by atoms with Gasteiger partial charge in [0.15, 0.2) is 0 Å². The first-order valence-corrected chi connectivity index (χ1v) is 5.88. The molecule has 2 rings (SSSR count). The molecular weight excluding hydrogens is 222 g/mol. The number of hydrogen-bond acceptors (Lipinski definition) is 3. The SMILES string of the molecule is Cc1ccc(C(=O)NCCn2ccnc2)s1. The summed E-state index contributed by atoms with van der Waals surface area (Å²) in [5.41, 5.74) is 0. The first-order valence-electron chi connectivity index (χ1n) is 5.06. The Morgan fingerprint density at radius 1 is 1.56 bits per heavy atom. The van der Waals surface area contributed by atoms with Crippen molar-refractivity contribution in [2.45, 2.75) is 13.5 Å². The first kappa shape index (κ1) is 10.9. The molecule has 0 aliphatic carbocycles. The maximum Gasteiger partial charge on any atom is 0.261 e. The molecule has 5 heteroatoms. The van der Waals surface area contributed by atoms with Gasteiger partial charge in [-0.2, -0.15) is 0 Å². The van der Waals surface area contributed by atoms with Crippen molar-refractivity contribution >= 4 is 17.2 Å². The molecule has 1 amide bonds. The summed E-state index contributed by atoms with van der Waals surface area (Å²) < 4.78 is 1.93. The van der Waals surface area contributed by atoms with Crippen LogP contribution in [0.4, 0.5) is 0 Å². The minimum absolute atomic E-state index is 0.00165. The molecule has 0 saturated heterocycles. The third-order valence-corrected chi connectivity index (χ3v) is 3.18. The van der Waals surface area contributed by atoms with E-state index in [0.29, 0.717) is 6.54 Å². The number of thiophene rings is 1. The van der Waals surface area contributed by atoms with Crippen LogP contribution >= 0.6 is 11.3 Å². The maximum atomic E-state index is 11.7. The highest BCUT2D eigenvalue weighted by molar-refractivity contribution is 7.13. The second-order valence-electron chi connectivity index (χ2n) is 3.47. The summed E-state index contributed by atoms with van der Waals surface area (Å²) in [6, 6.07) is 3.81. The minimum atomic E-state index is -0.00165. The molecule has 4 nitrogen and oxygen atoms in total. The zero-order valence-electron chi connectivity index (χ0n) is 9.01. The van der Waals surface area contributed by atoms with Gasteiger partial charge in [0, 0.05) is 30.4 Å². The van der Waals surface area contributed by atoms with Gasteiger partial charge in [-0.05, 0) is 19.1 Å². The molecule has 2 aromatic heterocycles. The van der Waals surface area contributed by atoms with Crippen LogP contribution in [0.15, 0.2) is 30.9 Å². The number of hydrogen-bond donors (Lipinski definition) is 1. The van der Waals surface area contributed by atoms with Crippen LogP contribution in [0.3, 0.4) is 0 Å². The van der Waals surface area contributed by atoms with Crippen molar-refractivity contribution in [2.75, 3.05) is 6.54 Å². The van der Waals surface area contributed by atoms with Crippen molar-refractivity contribution in [1.29, 1.82) is 0 Å². The van der Waals surface area contributed by atoms with Crippen molar-refractivity contribution in [3.05, 3.63) is 40.6 Å². The quantitative estimate of drug-likeness (QED) is 0.876. The Balaban J connectivity index is 1.80. The van der Waals surface area contributed by atoms with E-state index in [1.807, 2.05) is 29.8 Å². The van der Waals surface area contributed by atoms with Crippen LogP contribution in [0, 0.1) is 6.92 Å². The van der Waals surface area contributed by atoms with Gasteiger partial charge < -0.3 is 9.88 Å². The molecule has 0 unspecified atom stereocenters. The number of amides is 1. The number of aryl methyl sites for hydroxylation is 1. The molecule has 16 heavy (non-hydrogen) atoms. The average Bonchev–Trinajstić information content (AvgIpc) is 2.89. The van der Waals surface area contributed by atoms with Crippen LogP contribution in [0.5, 0.6) is 0 Å². The second-order valence-corrected chi connectivity index (χ2v) is 4.75. The zero-order chi connectivity index (χ0) is 11.4.